The Morgan fingerprint density at radius 3 is 2.57 bits per heavy atom. The molecule has 0 spiro atoms. The second-order valence-corrected chi connectivity index (χ2v) is 7.96. The van der Waals surface area contributed by atoms with Gasteiger partial charge in [-0.1, -0.05) is 25.1 Å². The SMILES string of the molecule is CC(CO)(CNC(=O)OC(C)(C)C)Cc1ccc2c(c1)CCC2. The summed E-state index contributed by atoms with van der Waals surface area (Å²) in [5.74, 6) is 0. The van der Waals surface area contributed by atoms with Gasteiger partial charge in [-0.05, 0) is 63.1 Å². The van der Waals surface area contributed by atoms with Crippen LogP contribution in [0, 0.1) is 5.41 Å². The van der Waals surface area contributed by atoms with E-state index in [0.29, 0.717) is 6.54 Å². The predicted molar refractivity (Wildman–Crippen MR) is 91.6 cm³/mol. The Hall–Kier alpha value is -1.55. The molecule has 0 aromatic heterocycles. The van der Waals surface area contributed by atoms with Crippen molar-refractivity contribution in [3.8, 4) is 0 Å². The minimum atomic E-state index is -0.514. The summed E-state index contributed by atoms with van der Waals surface area (Å²) >= 11 is 0. The van der Waals surface area contributed by atoms with E-state index in [4.69, 9.17) is 4.74 Å². The predicted octanol–water partition coefficient (Wildman–Crippen LogP) is 3.24. The minimum absolute atomic E-state index is 0.0138. The van der Waals surface area contributed by atoms with E-state index < -0.39 is 17.1 Å². The molecule has 1 aromatic rings. The summed E-state index contributed by atoms with van der Waals surface area (Å²) in [5.41, 5.74) is 3.19. The average molecular weight is 319 g/mol. The van der Waals surface area contributed by atoms with Gasteiger partial charge in [0, 0.05) is 12.0 Å². The van der Waals surface area contributed by atoms with Crippen molar-refractivity contribution in [2.24, 2.45) is 5.41 Å². The van der Waals surface area contributed by atoms with Gasteiger partial charge in [-0.2, -0.15) is 0 Å². The maximum absolute atomic E-state index is 11.8. The molecule has 23 heavy (non-hydrogen) atoms. The third-order valence-corrected chi connectivity index (χ3v) is 4.23. The number of ether oxygens (including phenoxy) is 1. The first kappa shape index (κ1) is 17.8. The lowest BCUT2D eigenvalue weighted by atomic mass is 9.83. The first-order valence-electron chi connectivity index (χ1n) is 8.39. The van der Waals surface area contributed by atoms with Crippen LogP contribution in [0.5, 0.6) is 0 Å². The molecule has 0 radical (unpaired) electrons. The molecule has 0 fully saturated rings. The Balaban J connectivity index is 1.96. The molecule has 128 valence electrons. The first-order chi connectivity index (χ1) is 10.7. The fourth-order valence-corrected chi connectivity index (χ4v) is 3.00. The summed E-state index contributed by atoms with van der Waals surface area (Å²) in [5, 5.41) is 12.6. The number of hydrogen-bond donors (Lipinski definition) is 2. The van der Waals surface area contributed by atoms with Gasteiger partial charge in [-0.3, -0.25) is 0 Å². The summed E-state index contributed by atoms with van der Waals surface area (Å²) in [6, 6.07) is 6.60. The minimum Gasteiger partial charge on any atom is -0.444 e. The highest BCUT2D eigenvalue weighted by Crippen LogP contribution is 2.27. The van der Waals surface area contributed by atoms with Gasteiger partial charge in [-0.25, -0.2) is 4.79 Å². The van der Waals surface area contributed by atoms with Crippen molar-refractivity contribution in [2.75, 3.05) is 13.2 Å². The van der Waals surface area contributed by atoms with Crippen LogP contribution in [-0.4, -0.2) is 30.0 Å². The van der Waals surface area contributed by atoms with Crippen LogP contribution in [-0.2, 0) is 24.0 Å². The van der Waals surface area contributed by atoms with Crippen molar-refractivity contribution < 1.29 is 14.6 Å². The van der Waals surface area contributed by atoms with Crippen LogP contribution >= 0.6 is 0 Å². The topological polar surface area (TPSA) is 58.6 Å². The Morgan fingerprint density at radius 1 is 1.22 bits per heavy atom. The van der Waals surface area contributed by atoms with Gasteiger partial charge in [0.1, 0.15) is 5.60 Å². The van der Waals surface area contributed by atoms with Crippen LogP contribution in [0.1, 0.15) is 50.8 Å². The zero-order chi connectivity index (χ0) is 17.1. The number of aliphatic hydroxyl groups excluding tert-OH is 1. The number of alkyl carbamates (subject to hydrolysis) is 1. The summed E-state index contributed by atoms with van der Waals surface area (Å²) in [7, 11) is 0. The second kappa shape index (κ2) is 6.91. The number of rotatable bonds is 5. The molecule has 1 atom stereocenters. The van der Waals surface area contributed by atoms with Crippen LogP contribution in [0.3, 0.4) is 0 Å². The van der Waals surface area contributed by atoms with Gasteiger partial charge in [0.25, 0.3) is 0 Å². The zero-order valence-corrected chi connectivity index (χ0v) is 14.7. The van der Waals surface area contributed by atoms with Gasteiger partial charge >= 0.3 is 6.09 Å². The average Bonchev–Trinajstić information content (AvgIpc) is 2.91. The molecular formula is C19H29NO3. The molecule has 1 unspecified atom stereocenters. The van der Waals surface area contributed by atoms with Gasteiger partial charge in [0.15, 0.2) is 0 Å². The lowest BCUT2D eigenvalue weighted by Crippen LogP contribution is -2.41. The highest BCUT2D eigenvalue weighted by molar-refractivity contribution is 5.67. The standard InChI is InChI=1S/C19H29NO3/c1-18(2,3)23-17(22)20-12-19(4,13-21)11-14-8-9-15-6-5-7-16(15)10-14/h8-10,21H,5-7,11-13H2,1-4H3,(H,20,22). The van der Waals surface area contributed by atoms with Crippen LogP contribution in [0.4, 0.5) is 4.79 Å². The van der Waals surface area contributed by atoms with Crippen molar-refractivity contribution in [3.63, 3.8) is 0 Å². The molecule has 1 amide bonds. The van der Waals surface area contributed by atoms with E-state index in [1.165, 1.54) is 29.5 Å². The molecule has 4 nitrogen and oxygen atoms in total. The summed E-state index contributed by atoms with van der Waals surface area (Å²) in [6.07, 6.45) is 3.84. The van der Waals surface area contributed by atoms with Crippen molar-refractivity contribution in [2.45, 2.75) is 59.0 Å². The van der Waals surface area contributed by atoms with E-state index in [-0.39, 0.29) is 6.61 Å². The molecule has 2 rings (SSSR count). The second-order valence-electron chi connectivity index (χ2n) is 7.96. The lowest BCUT2D eigenvalue weighted by molar-refractivity contribution is 0.0478. The third-order valence-electron chi connectivity index (χ3n) is 4.23. The number of fused-ring (bicyclic) bond motifs is 1. The maximum atomic E-state index is 11.8. The van der Waals surface area contributed by atoms with Gasteiger partial charge in [0.2, 0.25) is 0 Å². The molecule has 1 aromatic carbocycles. The number of amides is 1. The smallest absolute Gasteiger partial charge is 0.407 e. The van der Waals surface area contributed by atoms with Crippen molar-refractivity contribution in [1.29, 1.82) is 0 Å². The van der Waals surface area contributed by atoms with Crippen molar-refractivity contribution in [3.05, 3.63) is 34.9 Å². The number of aliphatic hydroxyl groups is 1. The normalized spacial score (nSPS) is 16.6. The Bertz CT molecular complexity index is 562. The monoisotopic (exact) mass is 319 g/mol. The first-order valence-corrected chi connectivity index (χ1v) is 8.39. The Labute approximate surface area is 139 Å². The molecule has 0 saturated carbocycles. The van der Waals surface area contributed by atoms with Crippen molar-refractivity contribution in [1.82, 2.24) is 5.32 Å². The fraction of sp³-hybridized carbons (Fsp3) is 0.632. The molecule has 4 heteroatoms. The molecule has 0 bridgehead atoms. The van der Waals surface area contributed by atoms with Crippen LogP contribution in [0.15, 0.2) is 18.2 Å². The van der Waals surface area contributed by atoms with E-state index in [1.54, 1.807) is 0 Å². The number of carbonyl (C=O) groups excluding carboxylic acids is 1. The van der Waals surface area contributed by atoms with Crippen molar-refractivity contribution >= 4 is 6.09 Å². The maximum Gasteiger partial charge on any atom is 0.407 e. The summed E-state index contributed by atoms with van der Waals surface area (Å²) in [4.78, 5) is 11.8. The largest absolute Gasteiger partial charge is 0.444 e. The van der Waals surface area contributed by atoms with E-state index >= 15 is 0 Å². The number of hydrogen-bond acceptors (Lipinski definition) is 3. The van der Waals surface area contributed by atoms with E-state index in [9.17, 15) is 9.90 Å². The molecule has 0 heterocycles. The van der Waals surface area contributed by atoms with Crippen LogP contribution in [0.25, 0.3) is 0 Å². The quantitative estimate of drug-likeness (QED) is 0.876. The summed E-state index contributed by atoms with van der Waals surface area (Å²) in [6.45, 7) is 7.89. The molecule has 0 aliphatic heterocycles. The number of nitrogens with one attached hydrogen (secondary N) is 1. The highest BCUT2D eigenvalue weighted by Gasteiger charge is 2.26. The number of carbonyl (C=O) groups is 1. The molecular weight excluding hydrogens is 290 g/mol. The van der Waals surface area contributed by atoms with Crippen LogP contribution in [0.2, 0.25) is 0 Å². The Kier molecular flexibility index (Phi) is 5.35. The van der Waals surface area contributed by atoms with Gasteiger partial charge in [0.05, 0.1) is 6.61 Å². The third kappa shape index (κ3) is 5.24. The molecule has 2 N–H and O–H groups in total. The van der Waals surface area contributed by atoms with Gasteiger partial charge < -0.3 is 15.2 Å². The summed E-state index contributed by atoms with van der Waals surface area (Å²) < 4.78 is 5.26. The van der Waals surface area contributed by atoms with E-state index in [2.05, 4.69) is 23.5 Å². The highest BCUT2D eigenvalue weighted by atomic mass is 16.6. The van der Waals surface area contributed by atoms with E-state index in [1.807, 2.05) is 27.7 Å². The fourth-order valence-electron chi connectivity index (χ4n) is 3.00. The number of benzene rings is 1. The lowest BCUT2D eigenvalue weighted by Gasteiger charge is -2.29. The number of aryl methyl sites for hydroxylation is 2. The zero-order valence-electron chi connectivity index (χ0n) is 14.7. The Morgan fingerprint density at radius 2 is 1.91 bits per heavy atom. The van der Waals surface area contributed by atoms with Gasteiger partial charge in [-0.15, -0.1) is 0 Å². The van der Waals surface area contributed by atoms with E-state index in [0.717, 1.165) is 12.8 Å². The molecule has 0 saturated heterocycles. The molecule has 1 aliphatic carbocycles. The molecule has 1 aliphatic rings. The van der Waals surface area contributed by atoms with Crippen LogP contribution < -0.4 is 5.32 Å².